The molecule has 0 radical (unpaired) electrons. The zero-order valence-corrected chi connectivity index (χ0v) is 12.6. The zero-order valence-electron chi connectivity index (χ0n) is 11.1. The average molecular weight is 297 g/mol. The highest BCUT2D eigenvalue weighted by Gasteiger charge is 2.06. The summed E-state index contributed by atoms with van der Waals surface area (Å²) >= 11 is 7.65. The largest absolute Gasteiger partial charge is 0.493 e. The summed E-state index contributed by atoms with van der Waals surface area (Å²) in [5.74, 6) is 0.802. The van der Waals surface area contributed by atoms with E-state index in [2.05, 4.69) is 10.3 Å². The number of aryl methyl sites for hydroxylation is 1. The fourth-order valence-corrected chi connectivity index (χ4v) is 2.98. The van der Waals surface area contributed by atoms with Crippen LogP contribution in [0, 0.1) is 6.92 Å². The predicted molar refractivity (Wildman–Crippen MR) is 80.3 cm³/mol. The second-order valence-corrected chi connectivity index (χ2v) is 5.81. The minimum absolute atomic E-state index is 0.617. The average Bonchev–Trinajstić information content (AvgIpc) is 2.71. The molecule has 1 N–H and O–H groups in total. The van der Waals surface area contributed by atoms with Gasteiger partial charge in [0.1, 0.15) is 5.75 Å². The van der Waals surface area contributed by atoms with E-state index in [0.29, 0.717) is 11.6 Å². The Bertz CT molecular complexity index is 542. The number of ether oxygens (including phenoxy) is 1. The molecule has 0 atom stereocenters. The Morgan fingerprint density at radius 3 is 3.00 bits per heavy atom. The topological polar surface area (TPSA) is 34.1 Å². The lowest BCUT2D eigenvalue weighted by Crippen LogP contribution is -2.04. The highest BCUT2D eigenvalue weighted by molar-refractivity contribution is 7.11. The van der Waals surface area contributed by atoms with Crippen molar-refractivity contribution >= 4 is 22.9 Å². The maximum atomic E-state index is 5.90. The second kappa shape index (κ2) is 6.89. The van der Waals surface area contributed by atoms with E-state index in [4.69, 9.17) is 16.3 Å². The minimum atomic E-state index is 0.617. The highest BCUT2D eigenvalue weighted by atomic mass is 35.5. The molecule has 0 aliphatic heterocycles. The van der Waals surface area contributed by atoms with Gasteiger partial charge in [0, 0.05) is 22.9 Å². The van der Waals surface area contributed by atoms with Gasteiger partial charge in [-0.3, -0.25) is 0 Å². The first kappa shape index (κ1) is 14.3. The Labute approximate surface area is 122 Å². The van der Waals surface area contributed by atoms with Gasteiger partial charge in [0.15, 0.2) is 0 Å². The molecular weight excluding hydrogens is 280 g/mol. The molecule has 0 saturated carbocycles. The van der Waals surface area contributed by atoms with Crippen molar-refractivity contribution < 1.29 is 4.74 Å². The van der Waals surface area contributed by atoms with E-state index in [0.717, 1.165) is 29.4 Å². The Hall–Kier alpha value is -1.10. The number of thiazole rings is 1. The first-order chi connectivity index (χ1) is 9.19. The van der Waals surface area contributed by atoms with Gasteiger partial charge in [-0.2, -0.15) is 0 Å². The summed E-state index contributed by atoms with van der Waals surface area (Å²) in [6.45, 7) is 3.54. The Balaban J connectivity index is 1.87. The molecule has 0 spiro atoms. The van der Waals surface area contributed by atoms with Crippen LogP contribution in [0.5, 0.6) is 5.75 Å². The fraction of sp³-hybridized carbons (Fsp3) is 0.357. The third kappa shape index (κ3) is 4.20. The van der Waals surface area contributed by atoms with Crippen molar-refractivity contribution in [3.05, 3.63) is 44.9 Å². The molecule has 0 unspecified atom stereocenters. The number of aromatic nitrogens is 1. The van der Waals surface area contributed by atoms with Crippen LogP contribution in [0.1, 0.15) is 15.6 Å². The molecule has 1 heterocycles. The molecule has 19 heavy (non-hydrogen) atoms. The molecule has 0 bridgehead atoms. The lowest BCUT2D eigenvalue weighted by molar-refractivity contribution is 0.322. The molecule has 2 aromatic rings. The lowest BCUT2D eigenvalue weighted by atomic mass is 10.3. The summed E-state index contributed by atoms with van der Waals surface area (Å²) in [4.78, 5) is 5.84. The van der Waals surface area contributed by atoms with Gasteiger partial charge in [-0.25, -0.2) is 4.98 Å². The molecule has 1 aromatic heterocycles. The number of benzene rings is 1. The van der Waals surface area contributed by atoms with Crippen molar-refractivity contribution in [2.45, 2.75) is 19.9 Å². The molecule has 2 rings (SSSR count). The summed E-state index contributed by atoms with van der Waals surface area (Å²) in [5, 5.41) is 4.96. The van der Waals surface area contributed by atoms with E-state index in [1.807, 2.05) is 38.2 Å². The minimum Gasteiger partial charge on any atom is -0.493 e. The molecule has 0 aliphatic rings. The van der Waals surface area contributed by atoms with Crippen molar-refractivity contribution in [2.75, 3.05) is 13.7 Å². The van der Waals surface area contributed by atoms with Crippen molar-refractivity contribution in [1.82, 2.24) is 10.3 Å². The smallest absolute Gasteiger partial charge is 0.120 e. The van der Waals surface area contributed by atoms with E-state index in [-0.39, 0.29) is 0 Å². The molecule has 5 heteroatoms. The number of nitrogens with zero attached hydrogens (tertiary/aromatic N) is 1. The Morgan fingerprint density at radius 2 is 2.26 bits per heavy atom. The Kier molecular flexibility index (Phi) is 5.19. The lowest BCUT2D eigenvalue weighted by Gasteiger charge is -2.04. The molecule has 0 fully saturated rings. The number of hydrogen-bond acceptors (Lipinski definition) is 4. The predicted octanol–water partition coefficient (Wildman–Crippen LogP) is 3.45. The normalized spacial score (nSPS) is 10.7. The summed E-state index contributed by atoms with van der Waals surface area (Å²) in [5.41, 5.74) is 1.11. The first-order valence-electron chi connectivity index (χ1n) is 6.17. The van der Waals surface area contributed by atoms with Crippen LogP contribution in [-0.4, -0.2) is 18.6 Å². The highest BCUT2D eigenvalue weighted by Crippen LogP contribution is 2.20. The van der Waals surface area contributed by atoms with E-state index in [1.165, 1.54) is 4.88 Å². The number of rotatable bonds is 6. The van der Waals surface area contributed by atoms with Gasteiger partial charge in [-0.1, -0.05) is 17.7 Å². The standard InChI is InChI=1S/C14H17ClN2OS/c1-10-13(9-16-2)19-14(17-10)6-7-18-12-5-3-4-11(15)8-12/h3-5,8,16H,6-7,9H2,1-2H3. The molecule has 102 valence electrons. The van der Waals surface area contributed by atoms with Crippen LogP contribution < -0.4 is 10.1 Å². The van der Waals surface area contributed by atoms with E-state index in [1.54, 1.807) is 11.3 Å². The third-order valence-electron chi connectivity index (χ3n) is 2.66. The molecule has 1 aromatic carbocycles. The van der Waals surface area contributed by atoms with Crippen molar-refractivity contribution in [1.29, 1.82) is 0 Å². The van der Waals surface area contributed by atoms with Gasteiger partial charge >= 0.3 is 0 Å². The summed E-state index contributed by atoms with van der Waals surface area (Å²) < 4.78 is 5.67. The molecule has 0 amide bonds. The van der Waals surface area contributed by atoms with Crippen LogP contribution in [0.15, 0.2) is 24.3 Å². The van der Waals surface area contributed by atoms with E-state index >= 15 is 0 Å². The van der Waals surface area contributed by atoms with Gasteiger partial charge < -0.3 is 10.1 Å². The molecular formula is C14H17ClN2OS. The quantitative estimate of drug-likeness (QED) is 0.886. The van der Waals surface area contributed by atoms with Gasteiger partial charge in [0.05, 0.1) is 17.3 Å². The Morgan fingerprint density at radius 1 is 1.42 bits per heavy atom. The van der Waals surface area contributed by atoms with Crippen molar-refractivity contribution in [2.24, 2.45) is 0 Å². The molecule has 0 aliphatic carbocycles. The maximum Gasteiger partial charge on any atom is 0.120 e. The SMILES string of the molecule is CNCc1sc(CCOc2cccc(Cl)c2)nc1C. The first-order valence-corrected chi connectivity index (χ1v) is 7.36. The van der Waals surface area contributed by atoms with Gasteiger partial charge in [-0.15, -0.1) is 11.3 Å². The van der Waals surface area contributed by atoms with Crippen LogP contribution in [0.4, 0.5) is 0 Å². The zero-order chi connectivity index (χ0) is 13.7. The van der Waals surface area contributed by atoms with Gasteiger partial charge in [-0.05, 0) is 32.2 Å². The van der Waals surface area contributed by atoms with Crippen LogP contribution in [0.25, 0.3) is 0 Å². The molecule has 0 saturated heterocycles. The van der Waals surface area contributed by atoms with Gasteiger partial charge in [0.2, 0.25) is 0 Å². The van der Waals surface area contributed by atoms with Crippen LogP contribution in [0.3, 0.4) is 0 Å². The number of halogens is 1. The summed E-state index contributed by atoms with van der Waals surface area (Å²) in [6, 6.07) is 7.45. The van der Waals surface area contributed by atoms with Crippen LogP contribution in [-0.2, 0) is 13.0 Å². The number of nitrogens with one attached hydrogen (secondary N) is 1. The summed E-state index contributed by atoms with van der Waals surface area (Å²) in [6.07, 6.45) is 0.821. The van der Waals surface area contributed by atoms with Crippen molar-refractivity contribution in [3.63, 3.8) is 0 Å². The van der Waals surface area contributed by atoms with Crippen LogP contribution >= 0.6 is 22.9 Å². The molecule has 3 nitrogen and oxygen atoms in total. The van der Waals surface area contributed by atoms with Crippen molar-refractivity contribution in [3.8, 4) is 5.75 Å². The van der Waals surface area contributed by atoms with E-state index < -0.39 is 0 Å². The van der Waals surface area contributed by atoms with Crippen LogP contribution in [0.2, 0.25) is 5.02 Å². The number of hydrogen-bond donors (Lipinski definition) is 1. The second-order valence-electron chi connectivity index (χ2n) is 4.20. The summed E-state index contributed by atoms with van der Waals surface area (Å²) in [7, 11) is 1.95. The third-order valence-corrected chi connectivity index (χ3v) is 4.11. The fourth-order valence-electron chi connectivity index (χ4n) is 1.73. The van der Waals surface area contributed by atoms with Gasteiger partial charge in [0.25, 0.3) is 0 Å². The monoisotopic (exact) mass is 296 g/mol. The van der Waals surface area contributed by atoms with E-state index in [9.17, 15) is 0 Å². The maximum absolute atomic E-state index is 5.90.